The smallest absolute Gasteiger partial charge is 0.264 e. The van der Waals surface area contributed by atoms with Gasteiger partial charge in [-0.05, 0) is 69.4 Å². The highest BCUT2D eigenvalue weighted by Crippen LogP contribution is 2.26. The van der Waals surface area contributed by atoms with Gasteiger partial charge in [-0.2, -0.15) is 5.10 Å². The molecular formula is C28H31ClN6O4. The molecule has 2 aromatic carbocycles. The van der Waals surface area contributed by atoms with E-state index in [-0.39, 0.29) is 18.0 Å². The van der Waals surface area contributed by atoms with Crippen LogP contribution < -0.4 is 10.3 Å². The highest BCUT2D eigenvalue weighted by Gasteiger charge is 2.35. The number of carbonyl (C=O) groups is 1. The van der Waals surface area contributed by atoms with E-state index in [9.17, 15) is 14.7 Å². The number of benzene rings is 2. The van der Waals surface area contributed by atoms with Crippen LogP contribution in [0.1, 0.15) is 23.2 Å². The lowest BCUT2D eigenvalue weighted by Gasteiger charge is -2.38. The van der Waals surface area contributed by atoms with Crippen molar-refractivity contribution in [2.45, 2.75) is 25.0 Å². The summed E-state index contributed by atoms with van der Waals surface area (Å²) in [4.78, 5) is 34.6. The van der Waals surface area contributed by atoms with Gasteiger partial charge in [0.15, 0.2) is 5.65 Å². The topological polar surface area (TPSA) is 106 Å². The lowest BCUT2D eigenvalue weighted by molar-refractivity contribution is -0.0299. The van der Waals surface area contributed by atoms with Crippen molar-refractivity contribution in [2.75, 3.05) is 40.3 Å². The van der Waals surface area contributed by atoms with Crippen LogP contribution in [0.2, 0.25) is 5.02 Å². The highest BCUT2D eigenvalue weighted by molar-refractivity contribution is 6.30. The number of carbonyl (C=O) groups excluding carboxylic acids is 1. The average molecular weight is 551 g/mol. The van der Waals surface area contributed by atoms with Crippen molar-refractivity contribution in [2.24, 2.45) is 0 Å². The van der Waals surface area contributed by atoms with E-state index in [4.69, 9.17) is 16.3 Å². The first-order valence-electron chi connectivity index (χ1n) is 12.8. The number of amides is 1. The van der Waals surface area contributed by atoms with Crippen molar-refractivity contribution < 1.29 is 14.6 Å². The summed E-state index contributed by atoms with van der Waals surface area (Å²) in [5.41, 5.74) is 0.295. The molecule has 10 nitrogen and oxygen atoms in total. The average Bonchev–Trinajstić information content (AvgIpc) is 3.36. The normalized spacial score (nSPS) is 15.2. The second-order valence-corrected chi connectivity index (χ2v) is 10.6. The number of hydrogen-bond donors (Lipinski definition) is 1. The minimum absolute atomic E-state index is 0.0815. The van der Waals surface area contributed by atoms with Gasteiger partial charge >= 0.3 is 0 Å². The van der Waals surface area contributed by atoms with E-state index in [2.05, 4.69) is 10.1 Å². The Labute approximate surface area is 231 Å². The number of aliphatic hydroxyl groups is 1. The molecule has 0 bridgehead atoms. The first kappa shape index (κ1) is 26.9. The monoisotopic (exact) mass is 550 g/mol. The molecule has 1 aliphatic rings. The number of halogens is 1. The van der Waals surface area contributed by atoms with E-state index in [1.807, 2.05) is 31.1 Å². The lowest BCUT2D eigenvalue weighted by Crippen LogP contribution is -2.49. The minimum atomic E-state index is -1.14. The van der Waals surface area contributed by atoms with Crippen LogP contribution in [-0.2, 0) is 6.54 Å². The van der Waals surface area contributed by atoms with Gasteiger partial charge in [0.25, 0.3) is 11.5 Å². The maximum Gasteiger partial charge on any atom is 0.264 e. The number of fused-ring (bicyclic) bond motifs is 1. The van der Waals surface area contributed by atoms with Crippen LogP contribution in [0, 0.1) is 0 Å². The predicted molar refractivity (Wildman–Crippen MR) is 149 cm³/mol. The van der Waals surface area contributed by atoms with Crippen molar-refractivity contribution in [3.05, 3.63) is 82.0 Å². The van der Waals surface area contributed by atoms with Gasteiger partial charge in [0.2, 0.25) is 0 Å². The summed E-state index contributed by atoms with van der Waals surface area (Å²) in [7, 11) is 3.95. The molecule has 1 fully saturated rings. The summed E-state index contributed by atoms with van der Waals surface area (Å²) in [6.07, 6.45) is 3.61. The summed E-state index contributed by atoms with van der Waals surface area (Å²) in [6.45, 7) is 2.14. The Morgan fingerprint density at radius 3 is 2.62 bits per heavy atom. The standard InChI is InChI=1S/C28H31ClN6O4/c1-32(2)14-15-39-23-5-3-4-20(16-23)26(36)33-12-10-28(38,11-13-33)18-34-19-30-25-24(27(34)37)17-31-35(25)22-8-6-21(29)7-9-22/h3-9,16-17,19,38H,10-15,18H2,1-2H3. The van der Waals surface area contributed by atoms with Gasteiger partial charge < -0.3 is 19.6 Å². The molecule has 39 heavy (non-hydrogen) atoms. The first-order chi connectivity index (χ1) is 18.7. The third-order valence-corrected chi connectivity index (χ3v) is 7.21. The van der Waals surface area contributed by atoms with Gasteiger partial charge in [-0.3, -0.25) is 14.2 Å². The molecule has 4 aromatic rings. The lowest BCUT2D eigenvalue weighted by atomic mass is 9.91. The van der Waals surface area contributed by atoms with E-state index < -0.39 is 5.60 Å². The second kappa shape index (κ2) is 11.2. The van der Waals surface area contributed by atoms with Crippen LogP contribution in [-0.4, -0.2) is 86.1 Å². The van der Waals surface area contributed by atoms with Crippen molar-refractivity contribution in [1.29, 1.82) is 0 Å². The number of nitrogens with zero attached hydrogens (tertiary/aromatic N) is 6. The highest BCUT2D eigenvalue weighted by atomic mass is 35.5. The summed E-state index contributed by atoms with van der Waals surface area (Å²) in [5.74, 6) is 0.544. The Morgan fingerprint density at radius 1 is 1.15 bits per heavy atom. The SMILES string of the molecule is CN(C)CCOc1cccc(C(=O)N2CCC(O)(Cn3cnc4c(cnn4-c4ccc(Cl)cc4)c3=O)CC2)c1. The second-order valence-electron chi connectivity index (χ2n) is 10.1. The molecule has 0 spiro atoms. The summed E-state index contributed by atoms with van der Waals surface area (Å²) >= 11 is 5.98. The molecular weight excluding hydrogens is 520 g/mol. The van der Waals surface area contributed by atoms with Gasteiger partial charge in [-0.15, -0.1) is 0 Å². The molecule has 204 valence electrons. The summed E-state index contributed by atoms with van der Waals surface area (Å²) in [5, 5.41) is 16.6. The molecule has 2 aromatic heterocycles. The molecule has 1 aliphatic heterocycles. The number of rotatable bonds is 8. The first-order valence-corrected chi connectivity index (χ1v) is 13.2. The van der Waals surface area contributed by atoms with Crippen LogP contribution in [0.4, 0.5) is 0 Å². The summed E-state index contributed by atoms with van der Waals surface area (Å²) in [6, 6.07) is 14.3. The van der Waals surface area contributed by atoms with Crippen LogP contribution >= 0.6 is 11.6 Å². The van der Waals surface area contributed by atoms with Gasteiger partial charge in [0.1, 0.15) is 24.1 Å². The van der Waals surface area contributed by atoms with Gasteiger partial charge in [-0.25, -0.2) is 9.67 Å². The third kappa shape index (κ3) is 5.98. The molecule has 0 atom stereocenters. The molecule has 11 heteroatoms. The maximum atomic E-state index is 13.2. The molecule has 0 radical (unpaired) electrons. The molecule has 5 rings (SSSR count). The van der Waals surface area contributed by atoms with Crippen LogP contribution in [0.3, 0.4) is 0 Å². The molecule has 0 aliphatic carbocycles. The van der Waals surface area contributed by atoms with Gasteiger partial charge in [-0.1, -0.05) is 17.7 Å². The Bertz CT molecular complexity index is 1520. The minimum Gasteiger partial charge on any atom is -0.492 e. The predicted octanol–water partition coefficient (Wildman–Crippen LogP) is 2.84. The number of aromatic nitrogens is 4. The number of likely N-dealkylation sites (tertiary alicyclic amines) is 1. The fraction of sp³-hybridized carbons (Fsp3) is 0.357. The zero-order valence-corrected chi connectivity index (χ0v) is 22.7. The molecule has 1 amide bonds. The molecule has 1 N–H and O–H groups in total. The zero-order valence-electron chi connectivity index (χ0n) is 22.0. The third-order valence-electron chi connectivity index (χ3n) is 6.96. The van der Waals surface area contributed by atoms with E-state index in [1.54, 1.807) is 46.0 Å². The van der Waals surface area contributed by atoms with E-state index in [0.29, 0.717) is 59.9 Å². The largest absolute Gasteiger partial charge is 0.492 e. The van der Waals surface area contributed by atoms with Crippen LogP contribution in [0.25, 0.3) is 16.7 Å². The van der Waals surface area contributed by atoms with E-state index >= 15 is 0 Å². The quantitative estimate of drug-likeness (QED) is 0.359. The fourth-order valence-corrected chi connectivity index (χ4v) is 4.81. The van der Waals surface area contributed by atoms with E-state index in [1.165, 1.54) is 17.1 Å². The number of piperidine rings is 1. The number of ether oxygens (including phenoxy) is 1. The van der Waals surface area contributed by atoms with Gasteiger partial charge in [0, 0.05) is 30.2 Å². The molecule has 0 saturated carbocycles. The molecule has 0 unspecified atom stereocenters. The Kier molecular flexibility index (Phi) is 7.69. The Morgan fingerprint density at radius 2 is 1.90 bits per heavy atom. The van der Waals surface area contributed by atoms with Crippen molar-refractivity contribution in [3.8, 4) is 11.4 Å². The number of likely N-dealkylation sites (N-methyl/N-ethyl adjacent to an activating group) is 1. The Balaban J connectivity index is 1.24. The van der Waals surface area contributed by atoms with Crippen LogP contribution in [0.15, 0.2) is 65.8 Å². The van der Waals surface area contributed by atoms with Crippen LogP contribution in [0.5, 0.6) is 5.75 Å². The van der Waals surface area contributed by atoms with Crippen molar-refractivity contribution in [3.63, 3.8) is 0 Å². The van der Waals surface area contributed by atoms with Gasteiger partial charge in [0.05, 0.1) is 24.0 Å². The maximum absolute atomic E-state index is 13.2. The van der Waals surface area contributed by atoms with E-state index in [0.717, 1.165) is 12.2 Å². The van der Waals surface area contributed by atoms with Crippen molar-refractivity contribution in [1.82, 2.24) is 29.1 Å². The van der Waals surface area contributed by atoms with Crippen molar-refractivity contribution >= 4 is 28.5 Å². The zero-order chi connectivity index (χ0) is 27.6. The number of hydrogen-bond acceptors (Lipinski definition) is 7. The Hall–Kier alpha value is -3.73. The molecule has 3 heterocycles. The fourth-order valence-electron chi connectivity index (χ4n) is 4.68. The summed E-state index contributed by atoms with van der Waals surface area (Å²) < 4.78 is 8.77. The molecule has 1 saturated heterocycles.